The molecule has 18 nitrogen and oxygen atoms in total. The van der Waals surface area contributed by atoms with Gasteiger partial charge in [0.1, 0.15) is 28.9 Å². The highest BCUT2D eigenvalue weighted by atomic mass is 19.1. The summed E-state index contributed by atoms with van der Waals surface area (Å²) in [6.07, 6.45) is 3.24. The normalized spacial score (nSPS) is 17.5. The monoisotopic (exact) mass is 893 g/mol. The second-order valence-electron chi connectivity index (χ2n) is 16.6. The summed E-state index contributed by atoms with van der Waals surface area (Å²) in [5, 5.41) is 22.3. The van der Waals surface area contributed by atoms with Crippen LogP contribution in [0.3, 0.4) is 0 Å². The average Bonchev–Trinajstić information content (AvgIpc) is 3.76. The molecule has 6 heterocycles. The van der Waals surface area contributed by atoms with E-state index in [2.05, 4.69) is 41.2 Å². The van der Waals surface area contributed by atoms with Crippen molar-refractivity contribution in [3.63, 3.8) is 0 Å². The number of nitrogens with zero attached hydrogens (tertiary/aromatic N) is 7. The molecule has 0 saturated carbocycles. The highest BCUT2D eigenvalue weighted by Gasteiger charge is 2.45. The Labute approximate surface area is 372 Å². The van der Waals surface area contributed by atoms with Crippen LogP contribution in [0.2, 0.25) is 0 Å². The van der Waals surface area contributed by atoms with E-state index in [0.29, 0.717) is 60.9 Å². The molecule has 65 heavy (non-hydrogen) atoms. The van der Waals surface area contributed by atoms with Crippen molar-refractivity contribution in [1.29, 1.82) is 0 Å². The first-order valence-electron chi connectivity index (χ1n) is 21.5. The Morgan fingerprint density at radius 3 is 2.48 bits per heavy atom. The van der Waals surface area contributed by atoms with Gasteiger partial charge in [0.25, 0.3) is 11.8 Å². The summed E-state index contributed by atoms with van der Waals surface area (Å²) in [6, 6.07) is 10.1. The molecule has 3 aliphatic heterocycles. The molecule has 3 aliphatic rings. The van der Waals surface area contributed by atoms with Gasteiger partial charge in [0.05, 0.1) is 48.7 Å². The van der Waals surface area contributed by atoms with Crippen molar-refractivity contribution in [3.8, 4) is 11.3 Å². The number of imidazole rings is 1. The number of carbonyl (C=O) groups is 5. The Balaban J connectivity index is 0.745. The number of halogens is 2. The van der Waals surface area contributed by atoms with Crippen LogP contribution in [0.15, 0.2) is 54.9 Å². The number of aromatic nitrogens is 5. The minimum absolute atomic E-state index is 0.00586. The SMILES string of the molecule is Cc1nc2c(F)cc(-c3nc(Nc4ccc([C@H](O)C5CCN(CC(=O)NCCOCCNc6cccc7c6C(=O)N(C6CCC(=O)NC6=O)C7=O)CC5)cn4)ncc3F)cc2n1C(C)C. The molecule has 5 aromatic rings. The number of fused-ring (bicyclic) bond motifs is 2. The minimum atomic E-state index is -1.05. The molecule has 8 rings (SSSR count). The number of rotatable bonds is 16. The Morgan fingerprint density at radius 1 is 0.954 bits per heavy atom. The van der Waals surface area contributed by atoms with Gasteiger partial charge in [0.15, 0.2) is 11.6 Å². The van der Waals surface area contributed by atoms with Gasteiger partial charge in [-0.15, -0.1) is 0 Å². The number of aryl methyl sites for hydroxylation is 1. The number of aliphatic hydroxyl groups is 1. The zero-order chi connectivity index (χ0) is 45.9. The van der Waals surface area contributed by atoms with Crippen LogP contribution in [0.5, 0.6) is 0 Å². The molecule has 340 valence electrons. The molecular weight excluding hydrogens is 845 g/mol. The van der Waals surface area contributed by atoms with Crippen LogP contribution in [0, 0.1) is 24.5 Å². The second kappa shape index (κ2) is 19.1. The molecule has 0 bridgehead atoms. The van der Waals surface area contributed by atoms with E-state index in [0.717, 1.165) is 11.1 Å². The number of likely N-dealkylation sites (tertiary alicyclic amines) is 1. The van der Waals surface area contributed by atoms with Crippen molar-refractivity contribution in [2.45, 2.75) is 64.6 Å². The number of nitrogens with one attached hydrogen (secondary N) is 4. The summed E-state index contributed by atoms with van der Waals surface area (Å²) in [4.78, 5) is 83.1. The Kier molecular flexibility index (Phi) is 13.2. The summed E-state index contributed by atoms with van der Waals surface area (Å²) >= 11 is 0. The van der Waals surface area contributed by atoms with E-state index in [1.54, 1.807) is 43.5 Å². The number of amides is 5. The third kappa shape index (κ3) is 9.55. The largest absolute Gasteiger partial charge is 0.388 e. The highest BCUT2D eigenvalue weighted by molar-refractivity contribution is 6.25. The zero-order valence-corrected chi connectivity index (χ0v) is 36.1. The molecule has 0 radical (unpaired) electrons. The molecule has 2 saturated heterocycles. The number of ether oxygens (including phenoxy) is 1. The van der Waals surface area contributed by atoms with Crippen molar-refractivity contribution in [3.05, 3.63) is 89.0 Å². The Hall–Kier alpha value is -6.77. The van der Waals surface area contributed by atoms with Gasteiger partial charge in [-0.05, 0) is 94.9 Å². The van der Waals surface area contributed by atoms with Gasteiger partial charge in [-0.1, -0.05) is 12.1 Å². The molecule has 2 aromatic carbocycles. The fourth-order valence-electron chi connectivity index (χ4n) is 8.70. The van der Waals surface area contributed by atoms with E-state index in [9.17, 15) is 29.1 Å². The fraction of sp³-hybridized carbons (Fsp3) is 0.400. The third-order valence-corrected chi connectivity index (χ3v) is 11.9. The fourth-order valence-corrected chi connectivity index (χ4v) is 8.70. The van der Waals surface area contributed by atoms with Crippen LogP contribution in [-0.2, 0) is 19.1 Å². The molecule has 1 unspecified atom stereocenters. The van der Waals surface area contributed by atoms with Crippen LogP contribution < -0.4 is 21.3 Å². The number of benzene rings is 2. The van der Waals surface area contributed by atoms with E-state index < -0.39 is 47.4 Å². The average molecular weight is 894 g/mol. The summed E-state index contributed by atoms with van der Waals surface area (Å²) in [5.41, 5.74) is 2.30. The van der Waals surface area contributed by atoms with E-state index in [1.807, 2.05) is 23.3 Å². The predicted molar refractivity (Wildman–Crippen MR) is 233 cm³/mol. The molecule has 0 aliphatic carbocycles. The number of pyridine rings is 1. The molecule has 3 aromatic heterocycles. The minimum Gasteiger partial charge on any atom is -0.388 e. The first-order valence-corrected chi connectivity index (χ1v) is 21.5. The summed E-state index contributed by atoms with van der Waals surface area (Å²) in [6.45, 7) is 8.25. The van der Waals surface area contributed by atoms with Gasteiger partial charge in [-0.25, -0.2) is 28.7 Å². The van der Waals surface area contributed by atoms with Gasteiger partial charge in [0, 0.05) is 43.0 Å². The number of piperidine rings is 2. The van der Waals surface area contributed by atoms with Crippen molar-refractivity contribution < 1.29 is 42.6 Å². The summed E-state index contributed by atoms with van der Waals surface area (Å²) in [5.74, 6) is -2.72. The second-order valence-corrected chi connectivity index (χ2v) is 16.6. The first kappa shape index (κ1) is 44.8. The number of aliphatic hydroxyl groups excluding tert-OH is 1. The smallest absolute Gasteiger partial charge is 0.264 e. The van der Waals surface area contributed by atoms with Crippen molar-refractivity contribution in [2.75, 3.05) is 56.6 Å². The summed E-state index contributed by atoms with van der Waals surface area (Å²) < 4.78 is 37.7. The highest BCUT2D eigenvalue weighted by Crippen LogP contribution is 2.34. The summed E-state index contributed by atoms with van der Waals surface area (Å²) in [7, 11) is 0. The van der Waals surface area contributed by atoms with Crippen molar-refractivity contribution in [2.24, 2.45) is 5.92 Å². The molecule has 5 amide bonds. The Bertz CT molecular complexity index is 2650. The maximum Gasteiger partial charge on any atom is 0.264 e. The van der Waals surface area contributed by atoms with Gasteiger partial charge >= 0.3 is 0 Å². The van der Waals surface area contributed by atoms with E-state index in [1.165, 1.54) is 12.1 Å². The van der Waals surface area contributed by atoms with Crippen molar-refractivity contribution in [1.82, 2.24) is 44.9 Å². The van der Waals surface area contributed by atoms with Gasteiger partial charge in [-0.3, -0.25) is 39.1 Å². The topological polar surface area (TPSA) is 226 Å². The quantitative estimate of drug-likeness (QED) is 0.0692. The molecular formula is C45H49F2N11O7. The predicted octanol–water partition coefficient (Wildman–Crippen LogP) is 4.19. The molecule has 5 N–H and O–H groups in total. The molecule has 2 atom stereocenters. The lowest BCUT2D eigenvalue weighted by Gasteiger charge is -2.33. The van der Waals surface area contributed by atoms with E-state index in [-0.39, 0.29) is 90.9 Å². The number of hydrogen-bond acceptors (Lipinski definition) is 14. The molecule has 20 heteroatoms. The van der Waals surface area contributed by atoms with Crippen LogP contribution in [0.25, 0.3) is 22.3 Å². The first-order chi connectivity index (χ1) is 31.3. The maximum absolute atomic E-state index is 15.1. The third-order valence-electron chi connectivity index (χ3n) is 11.9. The van der Waals surface area contributed by atoms with E-state index >= 15 is 8.78 Å². The standard InChI is InChI=1S/C45H49F2N11O7/c1-24(2)57-25(3)52-40-30(46)19-28(20-34(40)57)39-31(47)22-51-45(55-39)53-35-9-7-27(21-50-35)41(61)26-11-15-56(16-12-26)23-37(60)49-14-18-65-17-13-48-32-6-4-5-29-38(32)44(64)58(43(29)63)33-8-10-36(59)54-42(33)62/h4-7,9,19-22,24,26,33,41,48,61H,8,10-18,23H2,1-3H3,(H,49,60)(H,54,59,62)(H,50,51,53,55)/t33?,41-/m1/s1. The zero-order valence-electron chi connectivity index (χ0n) is 36.1. The molecule has 0 spiro atoms. The van der Waals surface area contributed by atoms with Gasteiger partial charge in [-0.2, -0.15) is 0 Å². The van der Waals surface area contributed by atoms with Gasteiger partial charge in [0.2, 0.25) is 23.7 Å². The van der Waals surface area contributed by atoms with Gasteiger partial charge < -0.3 is 30.4 Å². The number of anilines is 3. The maximum atomic E-state index is 15.1. The van der Waals surface area contributed by atoms with Crippen LogP contribution >= 0.6 is 0 Å². The lowest BCUT2D eigenvalue weighted by atomic mass is 9.88. The lowest BCUT2D eigenvalue weighted by molar-refractivity contribution is -0.136. The molecule has 2 fully saturated rings. The lowest BCUT2D eigenvalue weighted by Crippen LogP contribution is -2.54. The van der Waals surface area contributed by atoms with Crippen LogP contribution in [-0.4, -0.2) is 121 Å². The number of imide groups is 2. The number of carbonyl (C=O) groups excluding carboxylic acids is 5. The van der Waals surface area contributed by atoms with Crippen molar-refractivity contribution >= 4 is 58.0 Å². The number of hydrogen-bond donors (Lipinski definition) is 5. The van der Waals surface area contributed by atoms with Crippen LogP contribution in [0.1, 0.15) is 83.8 Å². The van der Waals surface area contributed by atoms with Crippen LogP contribution in [0.4, 0.5) is 26.2 Å². The van der Waals surface area contributed by atoms with E-state index in [4.69, 9.17) is 4.74 Å². The Morgan fingerprint density at radius 2 is 1.74 bits per heavy atom.